The summed E-state index contributed by atoms with van der Waals surface area (Å²) in [5.41, 5.74) is -0.729. The van der Waals surface area contributed by atoms with Gasteiger partial charge in [0.1, 0.15) is 28.0 Å². The van der Waals surface area contributed by atoms with Crippen molar-refractivity contribution in [2.75, 3.05) is 5.32 Å². The molecule has 1 amide bonds. The van der Waals surface area contributed by atoms with Crippen LogP contribution < -0.4 is 5.32 Å². The molecule has 4 aromatic rings. The lowest BCUT2D eigenvalue weighted by atomic mass is 10.2. The van der Waals surface area contributed by atoms with Gasteiger partial charge in [-0.3, -0.25) is 14.2 Å². The van der Waals surface area contributed by atoms with E-state index in [4.69, 9.17) is 16.0 Å². The largest absolute Gasteiger partial charge is 0.454 e. The van der Waals surface area contributed by atoms with Gasteiger partial charge in [0.25, 0.3) is 18.8 Å². The van der Waals surface area contributed by atoms with Crippen LogP contribution in [-0.2, 0) is 13.1 Å². The third kappa shape index (κ3) is 5.28. The van der Waals surface area contributed by atoms with E-state index in [1.165, 1.54) is 35.1 Å². The number of anilines is 1. The number of furan rings is 1. The van der Waals surface area contributed by atoms with E-state index < -0.39 is 30.1 Å². The first-order chi connectivity index (χ1) is 16.2. The molecule has 7 nitrogen and oxygen atoms in total. The normalized spacial score (nSPS) is 11.5. The summed E-state index contributed by atoms with van der Waals surface area (Å²) in [5.74, 6) is -1.19. The van der Waals surface area contributed by atoms with Gasteiger partial charge in [-0.15, -0.1) is 0 Å². The Morgan fingerprint density at radius 3 is 2.44 bits per heavy atom. The second-order valence-electron chi connectivity index (χ2n) is 7.12. The Kier molecular flexibility index (Phi) is 6.68. The van der Waals surface area contributed by atoms with Gasteiger partial charge in [-0.1, -0.05) is 23.7 Å². The van der Waals surface area contributed by atoms with Gasteiger partial charge in [-0.2, -0.15) is 10.2 Å². The Balaban J connectivity index is 1.44. The average Bonchev–Trinajstić information content (AvgIpc) is 3.50. The van der Waals surface area contributed by atoms with Crippen LogP contribution in [0.1, 0.15) is 46.1 Å². The lowest BCUT2D eigenvalue weighted by molar-refractivity contribution is 0.0993. The summed E-state index contributed by atoms with van der Waals surface area (Å²) in [6.07, 6.45) is -4.56. The van der Waals surface area contributed by atoms with Crippen molar-refractivity contribution >= 4 is 23.3 Å². The molecule has 0 saturated carbocycles. The summed E-state index contributed by atoms with van der Waals surface area (Å²) < 4.78 is 72.5. The molecule has 0 aliphatic heterocycles. The summed E-state index contributed by atoms with van der Waals surface area (Å²) in [4.78, 5) is 12.5. The maximum absolute atomic E-state index is 13.1. The molecule has 34 heavy (non-hydrogen) atoms. The van der Waals surface area contributed by atoms with Crippen LogP contribution in [0, 0.1) is 5.82 Å². The number of carbonyl (C=O) groups is 1. The summed E-state index contributed by atoms with van der Waals surface area (Å²) in [6.45, 7) is -0.107. The Morgan fingerprint density at radius 2 is 1.76 bits per heavy atom. The van der Waals surface area contributed by atoms with Crippen molar-refractivity contribution in [3.8, 4) is 0 Å². The smallest absolute Gasteiger partial charge is 0.292 e. The molecule has 1 N–H and O–H groups in total. The van der Waals surface area contributed by atoms with Crippen molar-refractivity contribution in [2.24, 2.45) is 0 Å². The highest BCUT2D eigenvalue weighted by atomic mass is 35.5. The third-order valence-electron chi connectivity index (χ3n) is 4.67. The molecule has 0 fully saturated rings. The van der Waals surface area contributed by atoms with Crippen LogP contribution in [-0.4, -0.2) is 25.5 Å². The fraction of sp³-hybridized carbons (Fsp3) is 0.190. The van der Waals surface area contributed by atoms with Crippen LogP contribution >= 0.6 is 11.6 Å². The number of hydrogen-bond donors (Lipinski definition) is 1. The minimum absolute atomic E-state index is 0.0420. The molecule has 178 valence electrons. The topological polar surface area (TPSA) is 77.9 Å². The maximum Gasteiger partial charge on any atom is 0.292 e. The molecule has 0 atom stereocenters. The monoisotopic (exact) mass is 499 g/mol. The van der Waals surface area contributed by atoms with Gasteiger partial charge in [0.05, 0.1) is 13.1 Å². The van der Waals surface area contributed by atoms with Gasteiger partial charge >= 0.3 is 0 Å². The molecular formula is C21H15ClF5N5O2. The number of nitrogens with zero attached hydrogens (tertiary/aromatic N) is 4. The van der Waals surface area contributed by atoms with E-state index >= 15 is 0 Å². The highest BCUT2D eigenvalue weighted by molar-refractivity contribution is 6.33. The van der Waals surface area contributed by atoms with Crippen LogP contribution in [0.2, 0.25) is 5.02 Å². The molecule has 0 aliphatic carbocycles. The molecule has 13 heteroatoms. The number of amides is 1. The lowest BCUT2D eigenvalue weighted by Crippen LogP contribution is -2.12. The molecular weight excluding hydrogens is 485 g/mol. The molecule has 1 aromatic carbocycles. The van der Waals surface area contributed by atoms with Crippen molar-refractivity contribution in [1.82, 2.24) is 19.6 Å². The van der Waals surface area contributed by atoms with E-state index in [0.717, 1.165) is 5.56 Å². The Hall–Kier alpha value is -3.67. The standard InChI is InChI=1S/C21H15ClF5N5O2/c22-14-10-31(8-11-1-3-12(23)4-2-11)30-20(14)28-21(33)17-6-5-13(34-17)9-32-16(19(26)27)7-15(29-32)18(24)25/h1-7,10,18-19H,8-9H2,(H,28,30,33). The predicted octanol–water partition coefficient (Wildman–Crippen LogP) is 5.69. The minimum atomic E-state index is -3.02. The van der Waals surface area contributed by atoms with Gasteiger partial charge in [-0.05, 0) is 35.9 Å². The van der Waals surface area contributed by atoms with E-state index in [-0.39, 0.29) is 41.3 Å². The number of hydrogen-bond acceptors (Lipinski definition) is 4. The van der Waals surface area contributed by atoms with E-state index in [1.807, 2.05) is 0 Å². The van der Waals surface area contributed by atoms with E-state index in [9.17, 15) is 26.7 Å². The summed E-state index contributed by atoms with van der Waals surface area (Å²) in [6, 6.07) is 9.01. The molecule has 0 unspecified atom stereocenters. The SMILES string of the molecule is O=C(Nc1nn(Cc2ccc(F)cc2)cc1Cl)c1ccc(Cn2nc(C(F)F)cc2C(F)F)o1. The molecule has 0 bridgehead atoms. The first-order valence-electron chi connectivity index (χ1n) is 9.71. The molecule has 0 aliphatic rings. The zero-order chi connectivity index (χ0) is 24.4. The number of halogens is 6. The van der Waals surface area contributed by atoms with E-state index in [1.54, 1.807) is 12.1 Å². The predicted molar refractivity (Wildman–Crippen MR) is 111 cm³/mol. The van der Waals surface area contributed by atoms with Crippen LogP contribution in [0.15, 0.2) is 53.1 Å². The quantitative estimate of drug-likeness (QED) is 0.316. The number of nitrogens with one attached hydrogen (secondary N) is 1. The van der Waals surface area contributed by atoms with Crippen molar-refractivity contribution in [2.45, 2.75) is 25.9 Å². The Morgan fingerprint density at radius 1 is 1.03 bits per heavy atom. The molecule has 0 radical (unpaired) electrons. The van der Waals surface area contributed by atoms with Crippen molar-refractivity contribution in [3.63, 3.8) is 0 Å². The highest BCUT2D eigenvalue weighted by Crippen LogP contribution is 2.26. The first-order valence-corrected chi connectivity index (χ1v) is 10.1. The fourth-order valence-electron chi connectivity index (χ4n) is 3.10. The summed E-state index contributed by atoms with van der Waals surface area (Å²) in [7, 11) is 0. The van der Waals surface area contributed by atoms with Gasteiger partial charge in [0.15, 0.2) is 11.6 Å². The van der Waals surface area contributed by atoms with Crippen LogP contribution in [0.25, 0.3) is 0 Å². The van der Waals surface area contributed by atoms with Gasteiger partial charge < -0.3 is 9.73 Å². The van der Waals surface area contributed by atoms with Crippen LogP contribution in [0.3, 0.4) is 0 Å². The molecule has 0 saturated heterocycles. The van der Waals surface area contributed by atoms with Crippen molar-refractivity contribution in [3.05, 3.63) is 88.0 Å². The lowest BCUT2D eigenvalue weighted by Gasteiger charge is -2.04. The van der Waals surface area contributed by atoms with Gasteiger partial charge in [0, 0.05) is 6.20 Å². The van der Waals surface area contributed by atoms with Crippen LogP contribution in [0.5, 0.6) is 0 Å². The van der Waals surface area contributed by atoms with Crippen molar-refractivity contribution in [1.29, 1.82) is 0 Å². The molecule has 0 spiro atoms. The maximum atomic E-state index is 13.1. The van der Waals surface area contributed by atoms with Gasteiger partial charge in [-0.25, -0.2) is 22.0 Å². The zero-order valence-corrected chi connectivity index (χ0v) is 17.8. The number of aromatic nitrogens is 4. The van der Waals surface area contributed by atoms with Crippen molar-refractivity contribution < 1.29 is 31.2 Å². The second kappa shape index (κ2) is 9.67. The Labute approximate surface area is 193 Å². The highest BCUT2D eigenvalue weighted by Gasteiger charge is 2.22. The van der Waals surface area contributed by atoms with E-state index in [0.29, 0.717) is 10.7 Å². The summed E-state index contributed by atoms with van der Waals surface area (Å²) in [5, 5.41) is 10.3. The molecule has 3 aromatic heterocycles. The van der Waals surface area contributed by atoms with Gasteiger partial charge in [0.2, 0.25) is 0 Å². The van der Waals surface area contributed by atoms with Crippen LogP contribution in [0.4, 0.5) is 27.8 Å². The molecule has 4 rings (SSSR count). The number of alkyl halides is 4. The number of benzene rings is 1. The van der Waals surface area contributed by atoms with E-state index in [2.05, 4.69) is 15.5 Å². The first kappa shape index (κ1) is 23.5. The summed E-state index contributed by atoms with van der Waals surface area (Å²) >= 11 is 6.12. The Bertz CT molecular complexity index is 1300. The average molecular weight is 500 g/mol. The fourth-order valence-corrected chi connectivity index (χ4v) is 3.30. The zero-order valence-electron chi connectivity index (χ0n) is 17.1. The minimum Gasteiger partial charge on any atom is -0.454 e. The third-order valence-corrected chi connectivity index (χ3v) is 4.95. The number of rotatable bonds is 8. The second-order valence-corrected chi connectivity index (χ2v) is 7.53. The molecule has 3 heterocycles. The number of carbonyl (C=O) groups excluding carboxylic acids is 1.